The predicted octanol–water partition coefficient (Wildman–Crippen LogP) is 6.56. The normalized spacial score (nSPS) is 13.8. The van der Waals surface area contributed by atoms with Crippen molar-refractivity contribution in [2.75, 3.05) is 10.2 Å². The first kappa shape index (κ1) is 22.2. The molecular weight excluding hydrogens is 440 g/mol. The van der Waals surface area contributed by atoms with Crippen LogP contribution in [0.1, 0.15) is 22.3 Å². The summed E-state index contributed by atoms with van der Waals surface area (Å²) < 4.78 is 0. The number of benzene rings is 3. The minimum atomic E-state index is -0.361. The first-order valence-electron chi connectivity index (χ1n) is 10.2. The number of nitrogens with zero attached hydrogens (tertiary/aromatic N) is 1. The zero-order valence-electron chi connectivity index (χ0n) is 18.3. The summed E-state index contributed by atoms with van der Waals surface area (Å²) in [5, 5.41) is 3.87. The average molecular weight is 463 g/mol. The SMILES string of the molecule is Cc1ccc(NC2=C(Sc3ccc(Cl)cc3)C(=O)N(c3cccc(C)c3C)C2=O)c(C)c1. The molecule has 0 saturated carbocycles. The Labute approximate surface area is 197 Å². The van der Waals surface area contributed by atoms with Gasteiger partial charge >= 0.3 is 0 Å². The van der Waals surface area contributed by atoms with E-state index in [1.165, 1.54) is 16.7 Å². The maximum absolute atomic E-state index is 13.6. The first-order chi connectivity index (χ1) is 15.3. The molecule has 3 aromatic rings. The average Bonchev–Trinajstić information content (AvgIpc) is 2.97. The van der Waals surface area contributed by atoms with Gasteiger partial charge in [0.25, 0.3) is 11.8 Å². The second-order valence-electron chi connectivity index (χ2n) is 7.87. The van der Waals surface area contributed by atoms with Gasteiger partial charge in [-0.1, -0.05) is 53.2 Å². The van der Waals surface area contributed by atoms with Crippen molar-refractivity contribution in [3.8, 4) is 0 Å². The van der Waals surface area contributed by atoms with E-state index in [2.05, 4.69) is 5.32 Å². The Balaban J connectivity index is 1.79. The number of carbonyl (C=O) groups is 2. The van der Waals surface area contributed by atoms with Crippen LogP contribution in [0.4, 0.5) is 11.4 Å². The van der Waals surface area contributed by atoms with Crippen molar-refractivity contribution < 1.29 is 9.59 Å². The second kappa shape index (κ2) is 8.85. The lowest BCUT2D eigenvalue weighted by Gasteiger charge is -2.19. The molecule has 1 aliphatic rings. The molecule has 1 N–H and O–H groups in total. The topological polar surface area (TPSA) is 49.4 Å². The zero-order chi connectivity index (χ0) is 23.0. The molecule has 0 fully saturated rings. The Morgan fingerprint density at radius 1 is 0.844 bits per heavy atom. The molecule has 0 atom stereocenters. The van der Waals surface area contributed by atoms with Crippen LogP contribution in [0.25, 0.3) is 0 Å². The summed E-state index contributed by atoms with van der Waals surface area (Å²) in [6, 6.07) is 18.8. The van der Waals surface area contributed by atoms with Gasteiger partial charge in [-0.3, -0.25) is 9.59 Å². The van der Waals surface area contributed by atoms with E-state index in [0.717, 1.165) is 32.8 Å². The lowest BCUT2D eigenvalue weighted by molar-refractivity contribution is -0.120. The number of carbonyl (C=O) groups excluding carboxylic acids is 2. The minimum absolute atomic E-state index is 0.280. The van der Waals surface area contributed by atoms with Crippen molar-refractivity contribution in [2.45, 2.75) is 32.6 Å². The Hall–Kier alpha value is -3.02. The third-order valence-corrected chi connectivity index (χ3v) is 6.88. The Morgan fingerprint density at radius 3 is 2.25 bits per heavy atom. The highest BCUT2D eigenvalue weighted by Crippen LogP contribution is 2.39. The maximum atomic E-state index is 13.6. The van der Waals surface area contributed by atoms with Crippen molar-refractivity contribution in [3.63, 3.8) is 0 Å². The molecule has 0 bridgehead atoms. The summed E-state index contributed by atoms with van der Waals surface area (Å²) in [6.07, 6.45) is 0. The predicted molar refractivity (Wildman–Crippen MR) is 132 cm³/mol. The summed E-state index contributed by atoms with van der Waals surface area (Å²) in [7, 11) is 0. The molecule has 4 rings (SSSR count). The van der Waals surface area contributed by atoms with Crippen LogP contribution >= 0.6 is 23.4 Å². The van der Waals surface area contributed by atoms with Gasteiger partial charge in [-0.2, -0.15) is 0 Å². The summed E-state index contributed by atoms with van der Waals surface area (Å²) in [5.74, 6) is -0.698. The van der Waals surface area contributed by atoms with Crippen LogP contribution in [0.3, 0.4) is 0 Å². The molecule has 0 aliphatic carbocycles. The van der Waals surface area contributed by atoms with E-state index < -0.39 is 0 Å². The van der Waals surface area contributed by atoms with Gasteiger partial charge in [0.1, 0.15) is 10.6 Å². The number of hydrogen-bond donors (Lipinski definition) is 1. The van der Waals surface area contributed by atoms with E-state index in [-0.39, 0.29) is 17.5 Å². The van der Waals surface area contributed by atoms with Crippen LogP contribution in [0, 0.1) is 27.7 Å². The molecule has 162 valence electrons. The fourth-order valence-electron chi connectivity index (χ4n) is 3.62. The molecule has 0 spiro atoms. The van der Waals surface area contributed by atoms with Crippen LogP contribution < -0.4 is 10.2 Å². The van der Waals surface area contributed by atoms with Crippen LogP contribution in [0.5, 0.6) is 0 Å². The molecule has 1 aliphatic heterocycles. The van der Waals surface area contributed by atoms with E-state index in [1.807, 2.05) is 76.2 Å². The van der Waals surface area contributed by atoms with Crippen molar-refractivity contribution in [3.05, 3.63) is 98.5 Å². The number of nitrogens with one attached hydrogen (secondary N) is 1. The van der Waals surface area contributed by atoms with E-state index in [0.29, 0.717) is 15.6 Å². The number of rotatable bonds is 5. The molecule has 0 unspecified atom stereocenters. The van der Waals surface area contributed by atoms with Crippen LogP contribution in [0.15, 0.2) is 76.2 Å². The highest BCUT2D eigenvalue weighted by Gasteiger charge is 2.41. The smallest absolute Gasteiger partial charge is 0.283 e. The molecule has 3 aromatic carbocycles. The number of halogens is 1. The number of aryl methyl sites for hydroxylation is 3. The van der Waals surface area contributed by atoms with Gasteiger partial charge in [-0.05, 0) is 80.8 Å². The Morgan fingerprint density at radius 2 is 1.56 bits per heavy atom. The van der Waals surface area contributed by atoms with Gasteiger partial charge in [0, 0.05) is 15.6 Å². The van der Waals surface area contributed by atoms with E-state index in [1.54, 1.807) is 12.1 Å². The molecule has 0 saturated heterocycles. The van der Waals surface area contributed by atoms with E-state index >= 15 is 0 Å². The van der Waals surface area contributed by atoms with Gasteiger partial charge < -0.3 is 5.32 Å². The van der Waals surface area contributed by atoms with E-state index in [9.17, 15) is 9.59 Å². The Kier molecular flexibility index (Phi) is 6.13. The number of thioether (sulfide) groups is 1. The number of imide groups is 1. The van der Waals surface area contributed by atoms with Crippen molar-refractivity contribution in [2.24, 2.45) is 0 Å². The summed E-state index contributed by atoms with van der Waals surface area (Å²) in [5.41, 5.74) is 5.73. The molecule has 0 radical (unpaired) electrons. The monoisotopic (exact) mass is 462 g/mol. The summed E-state index contributed by atoms with van der Waals surface area (Å²) in [4.78, 5) is 29.6. The van der Waals surface area contributed by atoms with Crippen molar-refractivity contribution in [1.29, 1.82) is 0 Å². The zero-order valence-corrected chi connectivity index (χ0v) is 19.9. The number of amides is 2. The molecule has 0 aromatic heterocycles. The standard InChI is InChI=1S/C26H23ClN2O2S/c1-15-8-13-21(17(3)14-15)28-23-24(32-20-11-9-19(27)10-12-20)26(31)29(25(23)30)22-7-5-6-16(2)18(22)4/h5-14,28H,1-4H3. The maximum Gasteiger partial charge on any atom is 0.283 e. The van der Waals surface area contributed by atoms with Crippen LogP contribution in [-0.2, 0) is 9.59 Å². The van der Waals surface area contributed by atoms with Gasteiger partial charge in [0.2, 0.25) is 0 Å². The quantitative estimate of drug-likeness (QED) is 0.436. The molecular formula is C26H23ClN2O2S. The lowest BCUT2D eigenvalue weighted by Crippen LogP contribution is -2.33. The van der Waals surface area contributed by atoms with Gasteiger partial charge in [0.15, 0.2) is 0 Å². The molecule has 4 nitrogen and oxygen atoms in total. The third kappa shape index (κ3) is 4.18. The van der Waals surface area contributed by atoms with Gasteiger partial charge in [-0.25, -0.2) is 4.90 Å². The largest absolute Gasteiger partial charge is 0.350 e. The van der Waals surface area contributed by atoms with Crippen LogP contribution in [0.2, 0.25) is 5.02 Å². The Bertz CT molecular complexity index is 1270. The fraction of sp³-hybridized carbons (Fsp3) is 0.154. The minimum Gasteiger partial charge on any atom is -0.350 e. The van der Waals surface area contributed by atoms with Crippen molar-refractivity contribution >= 4 is 46.6 Å². The summed E-state index contributed by atoms with van der Waals surface area (Å²) >= 11 is 7.28. The molecule has 6 heteroatoms. The number of hydrogen-bond acceptors (Lipinski definition) is 4. The van der Waals surface area contributed by atoms with Gasteiger partial charge in [0.05, 0.1) is 5.69 Å². The lowest BCUT2D eigenvalue weighted by atomic mass is 10.1. The third-order valence-electron chi connectivity index (χ3n) is 5.53. The molecule has 1 heterocycles. The molecule has 32 heavy (non-hydrogen) atoms. The van der Waals surface area contributed by atoms with Crippen LogP contribution in [-0.4, -0.2) is 11.8 Å². The highest BCUT2D eigenvalue weighted by molar-refractivity contribution is 8.04. The van der Waals surface area contributed by atoms with Crippen molar-refractivity contribution in [1.82, 2.24) is 0 Å². The second-order valence-corrected chi connectivity index (χ2v) is 9.39. The molecule has 2 amide bonds. The van der Waals surface area contributed by atoms with E-state index in [4.69, 9.17) is 11.6 Å². The van der Waals surface area contributed by atoms with Gasteiger partial charge in [-0.15, -0.1) is 0 Å². The first-order valence-corrected chi connectivity index (χ1v) is 11.4. The fourth-order valence-corrected chi connectivity index (χ4v) is 4.67. The number of anilines is 2. The summed E-state index contributed by atoms with van der Waals surface area (Å²) in [6.45, 7) is 7.89. The highest BCUT2D eigenvalue weighted by atomic mass is 35.5.